The summed E-state index contributed by atoms with van der Waals surface area (Å²) in [5.74, 6) is -1.64. The molecule has 0 saturated carbocycles. The highest BCUT2D eigenvalue weighted by atomic mass is 19.1. The molecular formula is C14H18F2N2O. The fraction of sp³-hybridized carbons (Fsp3) is 0.500. The molecule has 0 aromatic heterocycles. The molecule has 1 amide bonds. The summed E-state index contributed by atoms with van der Waals surface area (Å²) in [5.41, 5.74) is 5.78. The Morgan fingerprint density at radius 3 is 2.84 bits per heavy atom. The van der Waals surface area contributed by atoms with E-state index < -0.39 is 11.6 Å². The Morgan fingerprint density at radius 2 is 2.21 bits per heavy atom. The van der Waals surface area contributed by atoms with Gasteiger partial charge in [-0.2, -0.15) is 0 Å². The first kappa shape index (κ1) is 13.9. The minimum Gasteiger partial charge on any atom is -0.338 e. The van der Waals surface area contributed by atoms with Gasteiger partial charge in [0.15, 0.2) is 0 Å². The molecule has 1 aromatic rings. The van der Waals surface area contributed by atoms with Crippen LogP contribution in [0.4, 0.5) is 8.78 Å². The molecule has 2 rings (SSSR count). The number of likely N-dealkylation sites (tertiary alicyclic amines) is 1. The molecule has 19 heavy (non-hydrogen) atoms. The lowest BCUT2D eigenvalue weighted by Crippen LogP contribution is -2.45. The van der Waals surface area contributed by atoms with Gasteiger partial charge in [0.25, 0.3) is 5.91 Å². The lowest BCUT2D eigenvalue weighted by molar-refractivity contribution is 0.0656. The van der Waals surface area contributed by atoms with Crippen LogP contribution in [0.3, 0.4) is 0 Å². The zero-order valence-corrected chi connectivity index (χ0v) is 10.9. The van der Waals surface area contributed by atoms with E-state index in [1.54, 1.807) is 4.90 Å². The number of piperidine rings is 1. The van der Waals surface area contributed by atoms with Gasteiger partial charge in [-0.3, -0.25) is 4.79 Å². The number of carbonyl (C=O) groups is 1. The number of rotatable bonds is 2. The number of nitrogens with zero attached hydrogens (tertiary/aromatic N) is 1. The number of hydrogen-bond acceptors (Lipinski definition) is 2. The molecule has 1 aliphatic heterocycles. The van der Waals surface area contributed by atoms with Crippen LogP contribution in [0.25, 0.3) is 0 Å². The normalized spacial score (nSPS) is 21.3. The van der Waals surface area contributed by atoms with E-state index in [0.29, 0.717) is 13.1 Å². The summed E-state index contributed by atoms with van der Waals surface area (Å²) in [6.07, 6.45) is 1.84. The Labute approximate surface area is 111 Å². The van der Waals surface area contributed by atoms with Gasteiger partial charge in [0.1, 0.15) is 11.6 Å². The first-order valence-electron chi connectivity index (χ1n) is 6.49. The van der Waals surface area contributed by atoms with E-state index >= 15 is 0 Å². The topological polar surface area (TPSA) is 46.3 Å². The molecule has 5 heteroatoms. The number of carbonyl (C=O) groups excluding carboxylic acids is 1. The second-order valence-corrected chi connectivity index (χ2v) is 5.14. The molecular weight excluding hydrogens is 250 g/mol. The van der Waals surface area contributed by atoms with E-state index in [0.717, 1.165) is 25.0 Å². The predicted molar refractivity (Wildman–Crippen MR) is 68.6 cm³/mol. The average molecular weight is 268 g/mol. The minimum atomic E-state index is -0.812. The monoisotopic (exact) mass is 268 g/mol. The van der Waals surface area contributed by atoms with Crippen LogP contribution >= 0.6 is 0 Å². The van der Waals surface area contributed by atoms with E-state index in [2.05, 4.69) is 0 Å². The Hall–Kier alpha value is -1.49. The van der Waals surface area contributed by atoms with E-state index in [1.807, 2.05) is 6.92 Å². The maximum Gasteiger partial charge on any atom is 0.256 e. The first-order valence-corrected chi connectivity index (χ1v) is 6.49. The van der Waals surface area contributed by atoms with Crippen LogP contribution < -0.4 is 5.73 Å². The first-order chi connectivity index (χ1) is 8.99. The zero-order chi connectivity index (χ0) is 14.0. The van der Waals surface area contributed by atoms with Gasteiger partial charge in [-0.05, 0) is 37.8 Å². The summed E-state index contributed by atoms with van der Waals surface area (Å²) in [4.78, 5) is 13.8. The summed E-state index contributed by atoms with van der Waals surface area (Å²) in [5, 5.41) is 0. The lowest BCUT2D eigenvalue weighted by Gasteiger charge is -2.34. The fourth-order valence-corrected chi connectivity index (χ4v) is 2.46. The molecule has 1 heterocycles. The molecule has 0 radical (unpaired) electrons. The highest BCUT2D eigenvalue weighted by Crippen LogP contribution is 2.21. The largest absolute Gasteiger partial charge is 0.338 e. The Balaban J connectivity index is 2.15. The van der Waals surface area contributed by atoms with Gasteiger partial charge in [0.2, 0.25) is 0 Å². The van der Waals surface area contributed by atoms with Crippen LogP contribution in [0.15, 0.2) is 18.2 Å². The summed E-state index contributed by atoms with van der Waals surface area (Å²) < 4.78 is 26.4. The molecule has 1 saturated heterocycles. The van der Waals surface area contributed by atoms with Gasteiger partial charge in [-0.25, -0.2) is 8.78 Å². The maximum absolute atomic E-state index is 13.6. The van der Waals surface area contributed by atoms with Crippen molar-refractivity contribution in [3.05, 3.63) is 35.4 Å². The third kappa shape index (κ3) is 3.10. The van der Waals surface area contributed by atoms with E-state index in [9.17, 15) is 13.6 Å². The molecule has 0 aliphatic carbocycles. The van der Waals surface area contributed by atoms with Crippen molar-refractivity contribution in [3.8, 4) is 0 Å². The van der Waals surface area contributed by atoms with Crippen LogP contribution in [0.1, 0.15) is 30.1 Å². The molecule has 1 fully saturated rings. The van der Waals surface area contributed by atoms with Gasteiger partial charge < -0.3 is 10.6 Å². The second-order valence-electron chi connectivity index (χ2n) is 5.14. The molecule has 3 nitrogen and oxygen atoms in total. The summed E-state index contributed by atoms with van der Waals surface area (Å²) >= 11 is 0. The number of halogens is 2. The number of amides is 1. The molecule has 104 valence electrons. The molecule has 2 unspecified atom stereocenters. The van der Waals surface area contributed by atoms with Crippen LogP contribution in [-0.2, 0) is 0 Å². The van der Waals surface area contributed by atoms with Gasteiger partial charge >= 0.3 is 0 Å². The smallest absolute Gasteiger partial charge is 0.256 e. The van der Waals surface area contributed by atoms with Crippen LogP contribution in [0, 0.1) is 17.6 Å². The highest BCUT2D eigenvalue weighted by molar-refractivity contribution is 5.94. The molecule has 0 spiro atoms. The quantitative estimate of drug-likeness (QED) is 0.893. The number of nitrogens with two attached hydrogens (primary N) is 1. The van der Waals surface area contributed by atoms with Gasteiger partial charge in [-0.15, -0.1) is 0 Å². The van der Waals surface area contributed by atoms with Crippen molar-refractivity contribution < 1.29 is 13.6 Å². The number of hydrogen-bond donors (Lipinski definition) is 1. The zero-order valence-electron chi connectivity index (χ0n) is 10.9. The SMILES string of the molecule is CC(N)C1CCCN(C(=O)c2ccc(F)cc2F)C1. The minimum absolute atomic E-state index is 0.00802. The summed E-state index contributed by atoms with van der Waals surface area (Å²) in [6, 6.07) is 3.04. The second kappa shape index (κ2) is 5.65. The molecule has 0 bridgehead atoms. The molecule has 1 aromatic carbocycles. The Morgan fingerprint density at radius 1 is 1.47 bits per heavy atom. The Kier molecular flexibility index (Phi) is 4.14. The van der Waals surface area contributed by atoms with E-state index in [1.165, 1.54) is 6.07 Å². The number of benzene rings is 1. The predicted octanol–water partition coefficient (Wildman–Crippen LogP) is 2.16. The maximum atomic E-state index is 13.6. The van der Waals surface area contributed by atoms with Crippen molar-refractivity contribution in [2.45, 2.75) is 25.8 Å². The molecule has 2 N–H and O–H groups in total. The van der Waals surface area contributed by atoms with Gasteiger partial charge in [0, 0.05) is 25.2 Å². The third-order valence-corrected chi connectivity index (χ3v) is 3.65. The van der Waals surface area contributed by atoms with Crippen molar-refractivity contribution in [1.29, 1.82) is 0 Å². The highest BCUT2D eigenvalue weighted by Gasteiger charge is 2.27. The van der Waals surface area contributed by atoms with E-state index in [-0.39, 0.29) is 23.4 Å². The molecule has 2 atom stereocenters. The van der Waals surface area contributed by atoms with Gasteiger partial charge in [-0.1, -0.05) is 0 Å². The summed E-state index contributed by atoms with van der Waals surface area (Å²) in [6.45, 7) is 3.04. The third-order valence-electron chi connectivity index (χ3n) is 3.65. The van der Waals surface area contributed by atoms with Crippen molar-refractivity contribution in [2.75, 3.05) is 13.1 Å². The van der Waals surface area contributed by atoms with Crippen molar-refractivity contribution >= 4 is 5.91 Å². The van der Waals surface area contributed by atoms with Crippen LogP contribution in [0.5, 0.6) is 0 Å². The lowest BCUT2D eigenvalue weighted by atomic mass is 9.92. The fourth-order valence-electron chi connectivity index (χ4n) is 2.46. The van der Waals surface area contributed by atoms with Crippen LogP contribution in [0.2, 0.25) is 0 Å². The summed E-state index contributed by atoms with van der Waals surface area (Å²) in [7, 11) is 0. The average Bonchev–Trinajstić information content (AvgIpc) is 2.38. The van der Waals surface area contributed by atoms with E-state index in [4.69, 9.17) is 5.73 Å². The standard InChI is InChI=1S/C14H18F2N2O/c1-9(17)10-3-2-6-18(8-10)14(19)12-5-4-11(15)7-13(12)16/h4-5,7,9-10H,2-3,6,8,17H2,1H3. The van der Waals surface area contributed by atoms with Crippen molar-refractivity contribution in [2.24, 2.45) is 11.7 Å². The van der Waals surface area contributed by atoms with Crippen molar-refractivity contribution in [3.63, 3.8) is 0 Å². The molecule has 1 aliphatic rings. The Bertz CT molecular complexity index is 477. The van der Waals surface area contributed by atoms with Crippen molar-refractivity contribution in [1.82, 2.24) is 4.90 Å². The van der Waals surface area contributed by atoms with Crippen LogP contribution in [-0.4, -0.2) is 29.9 Å². The van der Waals surface area contributed by atoms with Gasteiger partial charge in [0.05, 0.1) is 5.56 Å².